The van der Waals surface area contributed by atoms with E-state index >= 15 is 0 Å². The maximum absolute atomic E-state index is 7.27. The summed E-state index contributed by atoms with van der Waals surface area (Å²) in [5.41, 5.74) is 6.62. The molecule has 2 aliphatic rings. The zero-order valence-electron chi connectivity index (χ0n) is 6.80. The van der Waals surface area contributed by atoms with Gasteiger partial charge in [0, 0.05) is 18.8 Å². The van der Waals surface area contributed by atoms with Crippen molar-refractivity contribution in [2.24, 2.45) is 5.73 Å². The molecule has 2 rings (SSSR count). The Morgan fingerprint density at radius 1 is 1.75 bits per heavy atom. The van der Waals surface area contributed by atoms with Gasteiger partial charge in [0.25, 0.3) is 0 Å². The molecule has 1 saturated heterocycles. The van der Waals surface area contributed by atoms with E-state index in [2.05, 4.69) is 16.7 Å². The Bertz CT molecular complexity index is 234. The molecule has 66 valence electrons. The summed E-state index contributed by atoms with van der Waals surface area (Å²) in [6.07, 6.45) is 2.08. The van der Waals surface area contributed by atoms with Crippen LogP contribution in [0.5, 0.6) is 0 Å². The van der Waals surface area contributed by atoms with E-state index in [0.717, 1.165) is 19.8 Å². The van der Waals surface area contributed by atoms with Gasteiger partial charge < -0.3 is 16.0 Å². The molecule has 1 fully saturated rings. The van der Waals surface area contributed by atoms with Crippen molar-refractivity contribution in [2.45, 2.75) is 6.04 Å². The molecule has 0 aliphatic carbocycles. The minimum atomic E-state index is 0.152. The van der Waals surface area contributed by atoms with Crippen LogP contribution in [0.2, 0.25) is 0 Å². The van der Waals surface area contributed by atoms with Crippen LogP contribution in [0.15, 0.2) is 11.8 Å². The van der Waals surface area contributed by atoms with Crippen LogP contribution in [0.1, 0.15) is 0 Å². The Kier molecular flexibility index (Phi) is 1.65. The summed E-state index contributed by atoms with van der Waals surface area (Å²) in [5, 5.41) is 13.8. The van der Waals surface area contributed by atoms with E-state index in [1.807, 2.05) is 4.90 Å². The fraction of sp³-hybridized carbons (Fsp3) is 0.571. The predicted molar refractivity (Wildman–Crippen MR) is 46.5 cm³/mol. The first-order valence-corrected chi connectivity index (χ1v) is 4.03. The largest absolute Gasteiger partial charge is 0.375 e. The maximum atomic E-state index is 7.27. The molecule has 1 unspecified atom stereocenters. The Balaban J connectivity index is 2.08. The van der Waals surface area contributed by atoms with Crippen molar-refractivity contribution in [1.29, 1.82) is 5.41 Å². The molecule has 0 saturated carbocycles. The Hall–Kier alpha value is -1.23. The molecule has 1 atom stereocenters. The Morgan fingerprint density at radius 3 is 3.33 bits per heavy atom. The van der Waals surface area contributed by atoms with E-state index in [-0.39, 0.29) is 5.96 Å². The summed E-state index contributed by atoms with van der Waals surface area (Å²) in [6.45, 7) is 2.37. The molecule has 0 aromatic heterocycles. The fourth-order valence-corrected chi connectivity index (χ4v) is 1.59. The van der Waals surface area contributed by atoms with Crippen molar-refractivity contribution in [3.05, 3.63) is 11.8 Å². The van der Waals surface area contributed by atoms with Gasteiger partial charge in [-0.2, -0.15) is 0 Å². The minimum Gasteiger partial charge on any atom is -0.375 e. The van der Waals surface area contributed by atoms with E-state index in [1.165, 1.54) is 5.70 Å². The van der Waals surface area contributed by atoms with Crippen molar-refractivity contribution < 1.29 is 0 Å². The van der Waals surface area contributed by atoms with Gasteiger partial charge in [-0.1, -0.05) is 0 Å². The summed E-state index contributed by atoms with van der Waals surface area (Å²) >= 11 is 0. The Labute approximate surface area is 71.1 Å². The van der Waals surface area contributed by atoms with Gasteiger partial charge in [-0.15, -0.1) is 0 Å². The molecule has 0 amide bonds. The number of nitrogens with one attached hydrogen (secondary N) is 3. The van der Waals surface area contributed by atoms with Crippen molar-refractivity contribution >= 4 is 5.96 Å². The van der Waals surface area contributed by atoms with E-state index < -0.39 is 0 Å². The van der Waals surface area contributed by atoms with Gasteiger partial charge in [0.05, 0.1) is 12.7 Å². The smallest absolute Gasteiger partial charge is 0.188 e. The van der Waals surface area contributed by atoms with E-state index in [0.29, 0.717) is 6.04 Å². The van der Waals surface area contributed by atoms with E-state index in [4.69, 9.17) is 11.1 Å². The van der Waals surface area contributed by atoms with Crippen LogP contribution in [-0.4, -0.2) is 36.7 Å². The first kappa shape index (κ1) is 7.42. The van der Waals surface area contributed by atoms with Crippen LogP contribution in [0.4, 0.5) is 0 Å². The molecule has 2 heterocycles. The van der Waals surface area contributed by atoms with Crippen LogP contribution in [0.25, 0.3) is 0 Å². The summed E-state index contributed by atoms with van der Waals surface area (Å²) in [5.74, 6) is 0.152. The summed E-state index contributed by atoms with van der Waals surface area (Å²) in [4.78, 5) is 1.84. The normalized spacial score (nSPS) is 27.5. The predicted octanol–water partition coefficient (Wildman–Crippen LogP) is -1.40. The second-order valence-electron chi connectivity index (χ2n) is 3.06. The lowest BCUT2D eigenvalue weighted by Crippen LogP contribution is -2.47. The molecular weight excluding hydrogens is 154 g/mol. The molecule has 0 aromatic carbocycles. The second kappa shape index (κ2) is 2.67. The summed E-state index contributed by atoms with van der Waals surface area (Å²) in [6, 6.07) is 0.336. The third-order valence-corrected chi connectivity index (χ3v) is 2.29. The number of nitrogens with zero attached hydrogens (tertiary/aromatic N) is 1. The zero-order chi connectivity index (χ0) is 8.55. The van der Waals surface area contributed by atoms with Gasteiger partial charge in [-0.05, 0) is 6.08 Å². The molecular formula is C7H13N5. The number of hydrogen-bond donors (Lipinski definition) is 4. The van der Waals surface area contributed by atoms with Crippen LogP contribution in [-0.2, 0) is 0 Å². The Morgan fingerprint density at radius 2 is 2.58 bits per heavy atom. The molecule has 0 aromatic rings. The lowest BCUT2D eigenvalue weighted by molar-refractivity contribution is 0.394. The third-order valence-electron chi connectivity index (χ3n) is 2.29. The molecule has 2 aliphatic heterocycles. The van der Waals surface area contributed by atoms with Crippen molar-refractivity contribution in [3.8, 4) is 0 Å². The van der Waals surface area contributed by atoms with Gasteiger partial charge in [-0.3, -0.25) is 10.7 Å². The van der Waals surface area contributed by atoms with Crippen LogP contribution in [0.3, 0.4) is 0 Å². The minimum absolute atomic E-state index is 0.152. The number of hydrogen-bond acceptors (Lipinski definition) is 3. The monoisotopic (exact) mass is 167 g/mol. The fourth-order valence-electron chi connectivity index (χ4n) is 1.59. The van der Waals surface area contributed by atoms with Gasteiger partial charge in [0.15, 0.2) is 5.96 Å². The number of fused-ring (bicyclic) bond motifs is 1. The highest BCUT2D eigenvalue weighted by atomic mass is 15.3. The molecule has 0 bridgehead atoms. The summed E-state index contributed by atoms with van der Waals surface area (Å²) < 4.78 is 0. The van der Waals surface area contributed by atoms with Crippen LogP contribution in [0, 0.1) is 5.41 Å². The number of nitrogens with two attached hydrogens (primary N) is 1. The highest BCUT2D eigenvalue weighted by Gasteiger charge is 2.26. The first-order chi connectivity index (χ1) is 5.77. The average molecular weight is 167 g/mol. The lowest BCUT2D eigenvalue weighted by Gasteiger charge is -2.29. The van der Waals surface area contributed by atoms with E-state index in [9.17, 15) is 0 Å². The zero-order valence-corrected chi connectivity index (χ0v) is 6.80. The van der Waals surface area contributed by atoms with Gasteiger partial charge >= 0.3 is 0 Å². The second-order valence-corrected chi connectivity index (χ2v) is 3.06. The number of rotatable bonds is 0. The number of guanidine groups is 1. The molecule has 0 spiro atoms. The SMILES string of the molecule is N=C(N)N1CC=C2NCNC2C1. The van der Waals surface area contributed by atoms with Crippen molar-refractivity contribution in [1.82, 2.24) is 15.5 Å². The van der Waals surface area contributed by atoms with Gasteiger partial charge in [0.2, 0.25) is 0 Å². The summed E-state index contributed by atoms with van der Waals surface area (Å²) in [7, 11) is 0. The standard InChI is InChI=1S/C7H13N5/c8-7(9)12-2-1-5-6(3-12)11-4-10-5/h1,6,10-11H,2-4H2,(H3,8,9). The maximum Gasteiger partial charge on any atom is 0.188 e. The third kappa shape index (κ3) is 1.12. The van der Waals surface area contributed by atoms with Crippen molar-refractivity contribution in [2.75, 3.05) is 19.8 Å². The van der Waals surface area contributed by atoms with Gasteiger partial charge in [0.1, 0.15) is 0 Å². The molecule has 12 heavy (non-hydrogen) atoms. The molecule has 5 nitrogen and oxygen atoms in total. The van der Waals surface area contributed by atoms with Crippen molar-refractivity contribution in [3.63, 3.8) is 0 Å². The van der Waals surface area contributed by atoms with Crippen LogP contribution < -0.4 is 16.4 Å². The topological polar surface area (TPSA) is 77.2 Å². The molecule has 5 heteroatoms. The molecule has 0 radical (unpaired) electrons. The lowest BCUT2D eigenvalue weighted by atomic mass is 10.1. The first-order valence-electron chi connectivity index (χ1n) is 4.03. The quantitative estimate of drug-likeness (QED) is 0.264. The van der Waals surface area contributed by atoms with E-state index in [1.54, 1.807) is 0 Å². The highest BCUT2D eigenvalue weighted by Crippen LogP contribution is 2.11. The molecule has 5 N–H and O–H groups in total. The highest BCUT2D eigenvalue weighted by molar-refractivity contribution is 5.75. The van der Waals surface area contributed by atoms with Gasteiger partial charge in [-0.25, -0.2) is 0 Å². The average Bonchev–Trinajstić information content (AvgIpc) is 2.49. The van der Waals surface area contributed by atoms with Crippen LogP contribution >= 0.6 is 0 Å².